The molecule has 0 spiro atoms. The molecule has 1 aliphatic heterocycles. The Balaban J connectivity index is 2.61. The van der Waals surface area contributed by atoms with Crippen molar-refractivity contribution in [3.8, 4) is 0 Å². The van der Waals surface area contributed by atoms with Crippen LogP contribution in [0.4, 0.5) is 0 Å². The number of benzene rings is 1. The highest BCUT2D eigenvalue weighted by Crippen LogP contribution is 2.38. The maximum Gasteiger partial charge on any atom is 0.334 e. The number of carboxylic acid groups (broad SMARTS) is 1. The van der Waals surface area contributed by atoms with Gasteiger partial charge in [-0.2, -0.15) is 0 Å². The zero-order valence-corrected chi connectivity index (χ0v) is 11.9. The van der Waals surface area contributed by atoms with E-state index >= 15 is 0 Å². The molecule has 0 bridgehead atoms. The molecule has 1 N–H and O–H groups in total. The van der Waals surface area contributed by atoms with Gasteiger partial charge in [-0.1, -0.05) is 35.9 Å². The molecule has 0 amide bonds. The summed E-state index contributed by atoms with van der Waals surface area (Å²) in [6.07, 6.45) is 1.94. The van der Waals surface area contributed by atoms with Gasteiger partial charge in [-0.15, -0.1) is 0 Å². The minimum atomic E-state index is -0.905. The summed E-state index contributed by atoms with van der Waals surface area (Å²) in [4.78, 5) is 13.4. The van der Waals surface area contributed by atoms with Crippen LogP contribution < -0.4 is 0 Å². The second-order valence-electron chi connectivity index (χ2n) is 4.67. The third kappa shape index (κ3) is 2.38. The van der Waals surface area contributed by atoms with Gasteiger partial charge in [0.05, 0.1) is 5.57 Å². The molecule has 19 heavy (non-hydrogen) atoms. The van der Waals surface area contributed by atoms with Gasteiger partial charge in [0.15, 0.2) is 0 Å². The van der Waals surface area contributed by atoms with E-state index in [1.165, 1.54) is 0 Å². The standard InChI is InChI=1S/C15H16ClNO2/c1-9-8-12(11-6-4-5-7-13(11)16)14(15(18)19)10(2)17(9)3/h4-8,12H,1-3H3,(H,18,19). The van der Waals surface area contributed by atoms with E-state index in [9.17, 15) is 9.90 Å². The highest BCUT2D eigenvalue weighted by molar-refractivity contribution is 6.31. The molecule has 0 saturated heterocycles. The molecule has 0 aliphatic carbocycles. The van der Waals surface area contributed by atoms with Crippen LogP contribution in [0.2, 0.25) is 5.02 Å². The fraction of sp³-hybridized carbons (Fsp3) is 0.267. The van der Waals surface area contributed by atoms with Gasteiger partial charge in [-0.05, 0) is 25.5 Å². The SMILES string of the molecule is CC1=CC(c2ccccc2Cl)C(C(=O)O)=C(C)N1C. The fourth-order valence-electron chi connectivity index (χ4n) is 2.37. The molecule has 3 nitrogen and oxygen atoms in total. The van der Waals surface area contributed by atoms with Gasteiger partial charge in [0.25, 0.3) is 0 Å². The van der Waals surface area contributed by atoms with E-state index in [1.807, 2.05) is 50.1 Å². The number of halogens is 1. The molecule has 1 aromatic carbocycles. The van der Waals surface area contributed by atoms with Gasteiger partial charge in [0.2, 0.25) is 0 Å². The van der Waals surface area contributed by atoms with Crippen molar-refractivity contribution in [3.63, 3.8) is 0 Å². The Kier molecular flexibility index (Phi) is 3.67. The molecule has 1 unspecified atom stereocenters. The third-order valence-electron chi connectivity index (χ3n) is 3.61. The normalized spacial score (nSPS) is 19.5. The van der Waals surface area contributed by atoms with Crippen LogP contribution in [-0.2, 0) is 4.79 Å². The van der Waals surface area contributed by atoms with Crippen LogP contribution in [0.25, 0.3) is 0 Å². The largest absolute Gasteiger partial charge is 0.478 e. The Hall–Kier alpha value is -1.74. The summed E-state index contributed by atoms with van der Waals surface area (Å²) in [6, 6.07) is 7.37. The Morgan fingerprint density at radius 2 is 1.95 bits per heavy atom. The molecule has 2 rings (SSSR count). The van der Waals surface area contributed by atoms with Gasteiger partial charge in [0.1, 0.15) is 0 Å². The number of rotatable bonds is 2. The molecule has 0 aromatic heterocycles. The Morgan fingerprint density at radius 3 is 2.53 bits per heavy atom. The van der Waals surface area contributed by atoms with Crippen molar-refractivity contribution in [3.05, 3.63) is 57.9 Å². The maximum atomic E-state index is 11.6. The first-order chi connectivity index (χ1) is 8.93. The van der Waals surface area contributed by atoms with Crippen LogP contribution in [0.15, 0.2) is 47.3 Å². The molecule has 1 heterocycles. The molecule has 1 atom stereocenters. The molecule has 0 saturated carbocycles. The van der Waals surface area contributed by atoms with Gasteiger partial charge >= 0.3 is 5.97 Å². The van der Waals surface area contributed by atoms with Gasteiger partial charge < -0.3 is 10.0 Å². The summed E-state index contributed by atoms with van der Waals surface area (Å²) < 4.78 is 0. The quantitative estimate of drug-likeness (QED) is 0.897. The lowest BCUT2D eigenvalue weighted by atomic mass is 9.86. The molecule has 1 aliphatic rings. The summed E-state index contributed by atoms with van der Waals surface area (Å²) in [5, 5.41) is 10.1. The molecular formula is C15H16ClNO2. The van der Waals surface area contributed by atoms with Crippen LogP contribution in [0, 0.1) is 0 Å². The second kappa shape index (κ2) is 5.10. The van der Waals surface area contributed by atoms with E-state index < -0.39 is 5.97 Å². The lowest BCUT2D eigenvalue weighted by molar-refractivity contribution is -0.133. The highest BCUT2D eigenvalue weighted by atomic mass is 35.5. The van der Waals surface area contributed by atoms with Crippen LogP contribution in [0.3, 0.4) is 0 Å². The first-order valence-electron chi connectivity index (χ1n) is 6.04. The van der Waals surface area contributed by atoms with Crippen LogP contribution in [0.1, 0.15) is 25.3 Å². The lowest BCUT2D eigenvalue weighted by Crippen LogP contribution is -2.26. The molecule has 0 fully saturated rings. The number of carboxylic acids is 1. The van der Waals surface area contributed by atoms with E-state index in [0.717, 1.165) is 17.0 Å². The van der Waals surface area contributed by atoms with Crippen molar-refractivity contribution in [2.24, 2.45) is 0 Å². The Morgan fingerprint density at radius 1 is 1.32 bits per heavy atom. The molecule has 100 valence electrons. The fourth-order valence-corrected chi connectivity index (χ4v) is 2.62. The summed E-state index contributed by atoms with van der Waals surface area (Å²) in [5.74, 6) is -1.21. The number of hydrogen-bond acceptors (Lipinski definition) is 2. The number of allylic oxidation sites excluding steroid dienone is 3. The maximum absolute atomic E-state index is 11.6. The van der Waals surface area contributed by atoms with Crippen molar-refractivity contribution in [1.29, 1.82) is 0 Å². The smallest absolute Gasteiger partial charge is 0.334 e. The molecule has 1 aromatic rings. The van der Waals surface area contributed by atoms with Crippen molar-refractivity contribution in [2.45, 2.75) is 19.8 Å². The minimum absolute atomic E-state index is 0.303. The van der Waals surface area contributed by atoms with E-state index in [-0.39, 0.29) is 5.92 Å². The van der Waals surface area contributed by atoms with E-state index in [4.69, 9.17) is 11.6 Å². The predicted octanol–water partition coefficient (Wildman–Crippen LogP) is 3.63. The average molecular weight is 278 g/mol. The first kappa shape index (κ1) is 13.7. The van der Waals surface area contributed by atoms with Gasteiger partial charge in [-0.25, -0.2) is 4.79 Å². The predicted molar refractivity (Wildman–Crippen MR) is 76.0 cm³/mol. The summed E-state index contributed by atoms with van der Waals surface area (Å²) in [7, 11) is 1.87. The topological polar surface area (TPSA) is 40.5 Å². The van der Waals surface area contributed by atoms with Crippen LogP contribution in [-0.4, -0.2) is 23.0 Å². The second-order valence-corrected chi connectivity index (χ2v) is 5.08. The minimum Gasteiger partial charge on any atom is -0.478 e. The third-order valence-corrected chi connectivity index (χ3v) is 3.96. The number of aliphatic carboxylic acids is 1. The van der Waals surface area contributed by atoms with Gasteiger partial charge in [-0.3, -0.25) is 0 Å². The first-order valence-corrected chi connectivity index (χ1v) is 6.42. The highest BCUT2D eigenvalue weighted by Gasteiger charge is 2.29. The van der Waals surface area contributed by atoms with Crippen molar-refractivity contribution in [2.75, 3.05) is 7.05 Å². The zero-order valence-electron chi connectivity index (χ0n) is 11.1. The van der Waals surface area contributed by atoms with Gasteiger partial charge in [0, 0.05) is 29.4 Å². The number of nitrogens with zero attached hydrogens (tertiary/aromatic N) is 1. The van der Waals surface area contributed by atoms with Crippen LogP contribution in [0.5, 0.6) is 0 Å². The monoisotopic (exact) mass is 277 g/mol. The number of carbonyl (C=O) groups is 1. The summed E-state index contributed by atoms with van der Waals surface area (Å²) >= 11 is 6.20. The average Bonchev–Trinajstić information content (AvgIpc) is 2.35. The van der Waals surface area contributed by atoms with E-state index in [1.54, 1.807) is 6.07 Å². The van der Waals surface area contributed by atoms with E-state index in [2.05, 4.69) is 0 Å². The van der Waals surface area contributed by atoms with E-state index in [0.29, 0.717) is 10.6 Å². The van der Waals surface area contributed by atoms with Crippen LogP contribution >= 0.6 is 11.6 Å². The molecule has 0 radical (unpaired) electrons. The van der Waals surface area contributed by atoms with Crippen molar-refractivity contribution in [1.82, 2.24) is 4.90 Å². The Labute approximate surface area is 117 Å². The molecular weight excluding hydrogens is 262 g/mol. The lowest BCUT2D eigenvalue weighted by Gasteiger charge is -2.31. The summed E-state index contributed by atoms with van der Waals surface area (Å²) in [5.41, 5.74) is 2.97. The van der Waals surface area contributed by atoms with Crippen molar-refractivity contribution >= 4 is 17.6 Å². The van der Waals surface area contributed by atoms with Crippen molar-refractivity contribution < 1.29 is 9.90 Å². The zero-order chi connectivity index (χ0) is 14.2. The molecule has 4 heteroatoms. The number of hydrogen-bond donors (Lipinski definition) is 1. The summed E-state index contributed by atoms with van der Waals surface area (Å²) in [6.45, 7) is 3.79. The Bertz CT molecular complexity index is 590.